The maximum Gasteiger partial charge on any atom is 0.235 e. The van der Waals surface area contributed by atoms with Gasteiger partial charge in [-0.15, -0.1) is 11.6 Å². The highest BCUT2D eigenvalue weighted by Gasteiger charge is 2.20. The number of benzene rings is 1. The van der Waals surface area contributed by atoms with Gasteiger partial charge in [-0.1, -0.05) is 29.3 Å². The first-order valence-electron chi connectivity index (χ1n) is 6.60. The van der Waals surface area contributed by atoms with Crippen LogP contribution in [0.1, 0.15) is 18.4 Å². The van der Waals surface area contributed by atoms with Crippen LogP contribution in [0.3, 0.4) is 0 Å². The largest absolute Gasteiger partial charge is 0.352 e. The summed E-state index contributed by atoms with van der Waals surface area (Å²) in [4.78, 5) is 13.6. The van der Waals surface area contributed by atoms with Gasteiger partial charge < -0.3 is 5.32 Å². The molecule has 0 aliphatic carbocycles. The van der Waals surface area contributed by atoms with Crippen molar-refractivity contribution in [3.05, 3.63) is 33.8 Å². The number of nitrogens with one attached hydrogen (secondary N) is 1. The Morgan fingerprint density at radius 2 is 1.95 bits per heavy atom. The van der Waals surface area contributed by atoms with Crippen molar-refractivity contribution in [2.24, 2.45) is 0 Å². The standard InChI is InChI=1S/C14H17Cl3N2O/c15-8-14(20)18-11-3-5-19(6-4-11)9-10-1-2-12(16)13(17)7-10/h1-2,7,11H,3-6,8-9H2,(H,18,20). The molecule has 0 atom stereocenters. The number of likely N-dealkylation sites (tertiary alicyclic amines) is 1. The van der Waals surface area contributed by atoms with E-state index in [-0.39, 0.29) is 17.8 Å². The molecular formula is C14H17Cl3N2O. The summed E-state index contributed by atoms with van der Waals surface area (Å²) in [5.74, 6) is -0.0571. The third kappa shape index (κ3) is 4.52. The predicted molar refractivity (Wildman–Crippen MR) is 83.6 cm³/mol. The van der Waals surface area contributed by atoms with Gasteiger partial charge in [0.2, 0.25) is 5.91 Å². The lowest BCUT2D eigenvalue weighted by Crippen LogP contribution is -2.44. The molecule has 2 rings (SSSR count). The number of carbonyl (C=O) groups is 1. The Labute approximate surface area is 134 Å². The Bertz CT molecular complexity index is 473. The van der Waals surface area contributed by atoms with Crippen molar-refractivity contribution >= 4 is 40.7 Å². The van der Waals surface area contributed by atoms with E-state index in [0.29, 0.717) is 10.0 Å². The number of carbonyl (C=O) groups excluding carboxylic acids is 1. The molecule has 1 amide bonds. The van der Waals surface area contributed by atoms with Gasteiger partial charge in [-0.05, 0) is 30.5 Å². The van der Waals surface area contributed by atoms with Crippen molar-refractivity contribution in [2.75, 3.05) is 19.0 Å². The second-order valence-corrected chi connectivity index (χ2v) is 6.08. The first-order valence-corrected chi connectivity index (χ1v) is 7.89. The van der Waals surface area contributed by atoms with Crippen LogP contribution >= 0.6 is 34.8 Å². The number of nitrogens with zero attached hydrogens (tertiary/aromatic N) is 1. The average molecular weight is 336 g/mol. The van der Waals surface area contributed by atoms with E-state index in [1.165, 1.54) is 0 Å². The zero-order valence-electron chi connectivity index (χ0n) is 11.0. The Morgan fingerprint density at radius 1 is 1.25 bits per heavy atom. The number of piperidine rings is 1. The summed E-state index contributed by atoms with van der Waals surface area (Å²) in [5.41, 5.74) is 1.16. The van der Waals surface area contributed by atoms with Crippen LogP contribution in [0.4, 0.5) is 0 Å². The Balaban J connectivity index is 1.82. The minimum atomic E-state index is -0.0883. The lowest BCUT2D eigenvalue weighted by Gasteiger charge is -2.32. The van der Waals surface area contributed by atoms with Gasteiger partial charge >= 0.3 is 0 Å². The quantitative estimate of drug-likeness (QED) is 0.856. The zero-order chi connectivity index (χ0) is 14.5. The van der Waals surface area contributed by atoms with Crippen molar-refractivity contribution in [1.29, 1.82) is 0 Å². The first kappa shape index (κ1) is 15.9. The lowest BCUT2D eigenvalue weighted by atomic mass is 10.0. The molecule has 0 saturated carbocycles. The molecule has 20 heavy (non-hydrogen) atoms. The summed E-state index contributed by atoms with van der Waals surface area (Å²) in [5, 5.41) is 4.11. The predicted octanol–water partition coefficient (Wildman–Crippen LogP) is 3.31. The monoisotopic (exact) mass is 334 g/mol. The van der Waals surface area contributed by atoms with Gasteiger partial charge in [-0.3, -0.25) is 9.69 Å². The van der Waals surface area contributed by atoms with E-state index in [9.17, 15) is 4.79 Å². The van der Waals surface area contributed by atoms with Crippen molar-refractivity contribution in [3.8, 4) is 0 Å². The second-order valence-electron chi connectivity index (χ2n) is 5.00. The molecular weight excluding hydrogens is 319 g/mol. The van der Waals surface area contributed by atoms with E-state index in [2.05, 4.69) is 10.2 Å². The fourth-order valence-electron chi connectivity index (χ4n) is 2.40. The van der Waals surface area contributed by atoms with Gasteiger partial charge in [0.25, 0.3) is 0 Å². The summed E-state index contributed by atoms with van der Waals surface area (Å²) in [6, 6.07) is 5.97. The van der Waals surface area contributed by atoms with Gasteiger partial charge in [0.05, 0.1) is 10.0 Å². The Hall–Kier alpha value is -0.480. The van der Waals surface area contributed by atoms with Crippen LogP contribution in [0.2, 0.25) is 10.0 Å². The number of hydrogen-bond acceptors (Lipinski definition) is 2. The summed E-state index contributed by atoms with van der Waals surface area (Å²) < 4.78 is 0. The molecule has 6 heteroatoms. The lowest BCUT2D eigenvalue weighted by molar-refractivity contribution is -0.119. The molecule has 1 aromatic rings. The highest BCUT2D eigenvalue weighted by atomic mass is 35.5. The maximum atomic E-state index is 11.2. The van der Waals surface area contributed by atoms with Crippen LogP contribution in [-0.2, 0) is 11.3 Å². The van der Waals surface area contributed by atoms with Crippen molar-refractivity contribution in [3.63, 3.8) is 0 Å². The summed E-state index contributed by atoms with van der Waals surface area (Å²) in [6.07, 6.45) is 1.90. The average Bonchev–Trinajstić information content (AvgIpc) is 2.45. The van der Waals surface area contributed by atoms with Gasteiger partial charge in [0, 0.05) is 25.7 Å². The Kier molecular flexibility index (Phi) is 5.97. The van der Waals surface area contributed by atoms with Gasteiger partial charge in [-0.2, -0.15) is 0 Å². The van der Waals surface area contributed by atoms with Crippen LogP contribution in [0, 0.1) is 0 Å². The normalized spacial score (nSPS) is 17.1. The van der Waals surface area contributed by atoms with E-state index >= 15 is 0 Å². The third-order valence-corrected chi connectivity index (χ3v) is 4.45. The van der Waals surface area contributed by atoms with Gasteiger partial charge in [0.15, 0.2) is 0 Å². The topological polar surface area (TPSA) is 32.3 Å². The van der Waals surface area contributed by atoms with Crippen LogP contribution in [-0.4, -0.2) is 35.8 Å². The van der Waals surface area contributed by atoms with E-state index in [4.69, 9.17) is 34.8 Å². The van der Waals surface area contributed by atoms with Crippen molar-refractivity contribution < 1.29 is 4.79 Å². The number of alkyl halides is 1. The molecule has 1 fully saturated rings. The first-order chi connectivity index (χ1) is 9.58. The molecule has 1 saturated heterocycles. The molecule has 0 radical (unpaired) electrons. The fraction of sp³-hybridized carbons (Fsp3) is 0.500. The SMILES string of the molecule is O=C(CCl)NC1CCN(Cc2ccc(Cl)c(Cl)c2)CC1. The highest BCUT2D eigenvalue weighted by Crippen LogP contribution is 2.24. The van der Waals surface area contributed by atoms with Crippen molar-refractivity contribution in [2.45, 2.75) is 25.4 Å². The Morgan fingerprint density at radius 3 is 2.55 bits per heavy atom. The van der Waals surface area contributed by atoms with Crippen molar-refractivity contribution in [1.82, 2.24) is 10.2 Å². The zero-order valence-corrected chi connectivity index (χ0v) is 13.3. The number of halogens is 3. The number of amides is 1. The van der Waals surface area contributed by atoms with Gasteiger partial charge in [-0.25, -0.2) is 0 Å². The molecule has 0 unspecified atom stereocenters. The number of rotatable bonds is 4. The summed E-state index contributed by atoms with van der Waals surface area (Å²) in [7, 11) is 0. The van der Waals surface area contributed by atoms with E-state index in [1.807, 2.05) is 18.2 Å². The maximum absolute atomic E-state index is 11.2. The van der Waals surface area contributed by atoms with Gasteiger partial charge in [0.1, 0.15) is 5.88 Å². The van der Waals surface area contributed by atoms with Crippen LogP contribution in [0.25, 0.3) is 0 Å². The minimum absolute atomic E-state index is 0.0312. The number of hydrogen-bond donors (Lipinski definition) is 1. The molecule has 1 heterocycles. The molecule has 1 aliphatic heterocycles. The summed E-state index contributed by atoms with van der Waals surface area (Å²) >= 11 is 17.4. The minimum Gasteiger partial charge on any atom is -0.352 e. The van der Waals surface area contributed by atoms with E-state index in [1.54, 1.807) is 0 Å². The van der Waals surface area contributed by atoms with Crippen LogP contribution in [0.5, 0.6) is 0 Å². The molecule has 3 nitrogen and oxygen atoms in total. The molecule has 1 aromatic carbocycles. The fourth-order valence-corrected chi connectivity index (χ4v) is 2.80. The van der Waals surface area contributed by atoms with Crippen LogP contribution in [0.15, 0.2) is 18.2 Å². The molecule has 110 valence electrons. The molecule has 1 aliphatic rings. The molecule has 0 aromatic heterocycles. The smallest absolute Gasteiger partial charge is 0.235 e. The van der Waals surface area contributed by atoms with E-state index < -0.39 is 0 Å². The second kappa shape index (κ2) is 7.51. The molecule has 0 bridgehead atoms. The third-order valence-electron chi connectivity index (χ3n) is 3.46. The molecule has 1 N–H and O–H groups in total. The highest BCUT2D eigenvalue weighted by molar-refractivity contribution is 6.42. The van der Waals surface area contributed by atoms with Crippen LogP contribution < -0.4 is 5.32 Å². The summed E-state index contributed by atoms with van der Waals surface area (Å²) in [6.45, 7) is 2.76. The van der Waals surface area contributed by atoms with E-state index in [0.717, 1.165) is 38.0 Å². The molecule has 0 spiro atoms.